The molecule has 0 saturated heterocycles. The summed E-state index contributed by atoms with van der Waals surface area (Å²) in [6.45, 7) is 0. The summed E-state index contributed by atoms with van der Waals surface area (Å²) in [6, 6.07) is 0. The fourth-order valence-corrected chi connectivity index (χ4v) is 1.50. The van der Waals surface area contributed by atoms with Gasteiger partial charge in [-0.15, -0.1) is 0 Å². The maximum absolute atomic E-state index is 12.3. The Bertz CT molecular complexity index is 266. The molecule has 1 heterocycles. The molecule has 2 nitrogen and oxygen atoms in total. The zero-order valence-corrected chi connectivity index (χ0v) is 6.56. The van der Waals surface area contributed by atoms with Crippen molar-refractivity contribution in [1.29, 1.82) is 0 Å². The molecule has 0 aromatic carbocycles. The summed E-state index contributed by atoms with van der Waals surface area (Å²) in [5, 5.41) is 6.30. The molecule has 2 rings (SSSR count). The molecule has 0 unspecified atom stereocenters. The second-order valence-corrected chi connectivity index (χ2v) is 3.17. The Hall–Kier alpha value is -0.930. The first-order valence-corrected chi connectivity index (χ1v) is 4.10. The number of H-pyrrole nitrogens is 1. The van der Waals surface area contributed by atoms with Crippen LogP contribution >= 0.6 is 0 Å². The van der Waals surface area contributed by atoms with Gasteiger partial charge in [0.2, 0.25) is 0 Å². The molecule has 12 heavy (non-hydrogen) atoms. The first-order chi connectivity index (χ1) is 5.79. The van der Waals surface area contributed by atoms with Crippen LogP contribution in [0.15, 0.2) is 6.20 Å². The van der Waals surface area contributed by atoms with Gasteiger partial charge in [0.25, 0.3) is 6.43 Å². The van der Waals surface area contributed by atoms with Gasteiger partial charge >= 0.3 is 0 Å². The van der Waals surface area contributed by atoms with Crippen molar-refractivity contribution in [3.63, 3.8) is 0 Å². The molecule has 4 heteroatoms. The van der Waals surface area contributed by atoms with E-state index in [4.69, 9.17) is 0 Å². The van der Waals surface area contributed by atoms with Crippen LogP contribution in [0.25, 0.3) is 0 Å². The lowest BCUT2D eigenvalue weighted by Crippen LogP contribution is -2.11. The lowest BCUT2D eigenvalue weighted by atomic mass is 9.82. The third-order valence-electron chi connectivity index (χ3n) is 2.45. The molecule has 1 saturated carbocycles. The van der Waals surface area contributed by atoms with Crippen molar-refractivity contribution in [2.24, 2.45) is 0 Å². The number of hydrogen-bond acceptors (Lipinski definition) is 1. The largest absolute Gasteiger partial charge is 0.282 e. The minimum absolute atomic E-state index is 0.0831. The molecule has 1 N–H and O–H groups in total. The van der Waals surface area contributed by atoms with E-state index >= 15 is 0 Å². The second-order valence-electron chi connectivity index (χ2n) is 3.17. The first kappa shape index (κ1) is 7.71. The van der Waals surface area contributed by atoms with Gasteiger partial charge in [-0.1, -0.05) is 6.42 Å². The van der Waals surface area contributed by atoms with Crippen LogP contribution in [-0.2, 0) is 0 Å². The molecular weight excluding hydrogens is 162 g/mol. The van der Waals surface area contributed by atoms with Crippen LogP contribution in [0.1, 0.15) is 42.9 Å². The van der Waals surface area contributed by atoms with Gasteiger partial charge in [-0.05, 0) is 12.8 Å². The van der Waals surface area contributed by atoms with Gasteiger partial charge in [0.15, 0.2) is 0 Å². The van der Waals surface area contributed by atoms with Crippen LogP contribution < -0.4 is 0 Å². The summed E-state index contributed by atoms with van der Waals surface area (Å²) in [5.74, 6) is 0.302. The van der Waals surface area contributed by atoms with E-state index in [1.165, 1.54) is 6.20 Å². The molecule has 0 amide bonds. The van der Waals surface area contributed by atoms with E-state index in [2.05, 4.69) is 10.2 Å². The van der Waals surface area contributed by atoms with Crippen LogP contribution in [-0.4, -0.2) is 10.2 Å². The van der Waals surface area contributed by atoms with Crippen LogP contribution in [0.4, 0.5) is 8.78 Å². The number of nitrogens with one attached hydrogen (secondary N) is 1. The Labute approximate surface area is 69.0 Å². The summed E-state index contributed by atoms with van der Waals surface area (Å²) < 4.78 is 24.6. The number of aromatic amines is 1. The first-order valence-electron chi connectivity index (χ1n) is 4.10. The standard InChI is InChI=1S/C8H10F2N2/c9-8(10)6-4-11-12-7(6)5-2-1-3-5/h4-5,8H,1-3H2,(H,11,12). The van der Waals surface area contributed by atoms with E-state index in [1.54, 1.807) is 0 Å². The van der Waals surface area contributed by atoms with Crippen molar-refractivity contribution in [2.75, 3.05) is 0 Å². The van der Waals surface area contributed by atoms with Crippen molar-refractivity contribution in [3.8, 4) is 0 Å². The summed E-state index contributed by atoms with van der Waals surface area (Å²) in [4.78, 5) is 0. The lowest BCUT2D eigenvalue weighted by molar-refractivity contribution is 0.148. The van der Waals surface area contributed by atoms with Gasteiger partial charge in [-0.2, -0.15) is 5.10 Å². The van der Waals surface area contributed by atoms with E-state index in [9.17, 15) is 8.78 Å². The quantitative estimate of drug-likeness (QED) is 0.729. The highest BCUT2D eigenvalue weighted by molar-refractivity contribution is 5.23. The number of halogens is 2. The van der Waals surface area contributed by atoms with Crippen LogP contribution in [0.3, 0.4) is 0 Å². The lowest BCUT2D eigenvalue weighted by Gasteiger charge is -2.24. The van der Waals surface area contributed by atoms with Gasteiger partial charge in [0.05, 0.1) is 11.8 Å². The van der Waals surface area contributed by atoms with E-state index in [1.807, 2.05) is 0 Å². The summed E-state index contributed by atoms with van der Waals surface area (Å²) in [7, 11) is 0. The maximum atomic E-state index is 12.3. The fraction of sp³-hybridized carbons (Fsp3) is 0.625. The number of hydrogen-bond donors (Lipinski definition) is 1. The minimum atomic E-state index is -2.39. The van der Waals surface area contributed by atoms with E-state index in [0.29, 0.717) is 11.6 Å². The van der Waals surface area contributed by atoms with E-state index < -0.39 is 6.43 Å². The van der Waals surface area contributed by atoms with E-state index in [0.717, 1.165) is 19.3 Å². The van der Waals surface area contributed by atoms with Crippen LogP contribution in [0, 0.1) is 0 Å². The second kappa shape index (κ2) is 2.84. The number of alkyl halides is 2. The van der Waals surface area contributed by atoms with Crippen LogP contribution in [0.2, 0.25) is 0 Å². The average Bonchev–Trinajstić information content (AvgIpc) is 2.31. The van der Waals surface area contributed by atoms with E-state index in [-0.39, 0.29) is 5.56 Å². The number of aromatic nitrogens is 2. The molecule has 0 spiro atoms. The van der Waals surface area contributed by atoms with Gasteiger partial charge in [-0.3, -0.25) is 5.10 Å². The Morgan fingerprint density at radius 2 is 2.25 bits per heavy atom. The Balaban J connectivity index is 2.23. The molecule has 0 bridgehead atoms. The molecule has 0 atom stereocenters. The molecule has 1 aliphatic carbocycles. The normalized spacial score (nSPS) is 18.2. The highest BCUT2D eigenvalue weighted by Gasteiger charge is 2.26. The number of nitrogens with zero attached hydrogens (tertiary/aromatic N) is 1. The molecule has 0 aliphatic heterocycles. The highest BCUT2D eigenvalue weighted by atomic mass is 19.3. The van der Waals surface area contributed by atoms with Gasteiger partial charge < -0.3 is 0 Å². The van der Waals surface area contributed by atoms with Crippen molar-refractivity contribution < 1.29 is 8.78 Å². The Morgan fingerprint density at radius 3 is 2.75 bits per heavy atom. The van der Waals surface area contributed by atoms with Crippen molar-refractivity contribution in [1.82, 2.24) is 10.2 Å². The molecule has 0 radical (unpaired) electrons. The topological polar surface area (TPSA) is 28.7 Å². The highest BCUT2D eigenvalue weighted by Crippen LogP contribution is 2.38. The minimum Gasteiger partial charge on any atom is -0.282 e. The Kier molecular flexibility index (Phi) is 1.83. The fourth-order valence-electron chi connectivity index (χ4n) is 1.50. The molecule has 1 fully saturated rings. The molecular formula is C8H10F2N2. The van der Waals surface area contributed by atoms with Crippen LogP contribution in [0.5, 0.6) is 0 Å². The smallest absolute Gasteiger partial charge is 0.267 e. The average molecular weight is 172 g/mol. The SMILES string of the molecule is FC(F)c1cn[nH]c1C1CCC1. The molecule has 1 aromatic heterocycles. The zero-order valence-electron chi connectivity index (χ0n) is 6.56. The number of rotatable bonds is 2. The predicted molar refractivity (Wildman–Crippen MR) is 40.1 cm³/mol. The zero-order chi connectivity index (χ0) is 8.55. The monoisotopic (exact) mass is 172 g/mol. The van der Waals surface area contributed by atoms with Gasteiger partial charge in [0.1, 0.15) is 0 Å². The predicted octanol–water partition coefficient (Wildman–Crippen LogP) is 2.61. The Morgan fingerprint density at radius 1 is 1.50 bits per heavy atom. The van der Waals surface area contributed by atoms with Crippen molar-refractivity contribution >= 4 is 0 Å². The maximum Gasteiger partial charge on any atom is 0.267 e. The molecule has 66 valence electrons. The third-order valence-corrected chi connectivity index (χ3v) is 2.45. The summed E-state index contributed by atoms with van der Waals surface area (Å²) >= 11 is 0. The molecule has 1 aromatic rings. The van der Waals surface area contributed by atoms with Gasteiger partial charge in [-0.25, -0.2) is 8.78 Å². The third kappa shape index (κ3) is 1.11. The van der Waals surface area contributed by atoms with Crippen molar-refractivity contribution in [3.05, 3.63) is 17.5 Å². The summed E-state index contributed by atoms with van der Waals surface area (Å²) in [5.41, 5.74) is 0.732. The van der Waals surface area contributed by atoms with Gasteiger partial charge in [0, 0.05) is 11.6 Å². The van der Waals surface area contributed by atoms with Crippen molar-refractivity contribution in [2.45, 2.75) is 31.6 Å². The molecule has 1 aliphatic rings. The summed E-state index contributed by atoms with van der Waals surface area (Å²) in [6.07, 6.45) is 2.02.